The van der Waals surface area contributed by atoms with Gasteiger partial charge in [-0.2, -0.15) is 0 Å². The second-order valence-electron chi connectivity index (χ2n) is 10.8. The second-order valence-corrected chi connectivity index (χ2v) is 10.8. The Morgan fingerprint density at radius 2 is 2.00 bits per heavy atom. The molecule has 1 aliphatic heterocycles. The number of ether oxygens (including phenoxy) is 3. The summed E-state index contributed by atoms with van der Waals surface area (Å²) in [5, 5.41) is 0. The summed E-state index contributed by atoms with van der Waals surface area (Å²) >= 11 is 0. The summed E-state index contributed by atoms with van der Waals surface area (Å²) in [5.41, 5.74) is 2.67. The monoisotopic (exact) mass is 479 g/mol. The van der Waals surface area contributed by atoms with Gasteiger partial charge in [-0.25, -0.2) is 0 Å². The smallest absolute Gasteiger partial charge is 0.310 e. The normalized spacial score (nSPS) is 30.1. The number of carbonyl (C=O) groups is 1. The van der Waals surface area contributed by atoms with Gasteiger partial charge in [0.15, 0.2) is 11.5 Å². The quantitative estimate of drug-likeness (QED) is 0.362. The maximum atomic E-state index is 13.2. The van der Waals surface area contributed by atoms with Crippen LogP contribution in [0.3, 0.4) is 0 Å². The molecule has 5 rings (SSSR count). The number of nitrogens with zero attached hydrogens (tertiary/aromatic N) is 1. The third-order valence-electron chi connectivity index (χ3n) is 8.59. The van der Waals surface area contributed by atoms with E-state index in [4.69, 9.17) is 18.6 Å². The Morgan fingerprint density at radius 1 is 1.17 bits per heavy atom. The zero-order chi connectivity index (χ0) is 24.6. The first kappa shape index (κ1) is 24.0. The molecule has 2 heterocycles. The predicted molar refractivity (Wildman–Crippen MR) is 133 cm³/mol. The Morgan fingerprint density at radius 3 is 2.74 bits per heavy atom. The summed E-state index contributed by atoms with van der Waals surface area (Å²) in [6, 6.07) is 9.86. The van der Waals surface area contributed by atoms with Gasteiger partial charge >= 0.3 is 5.97 Å². The van der Waals surface area contributed by atoms with Crippen LogP contribution in [0.5, 0.6) is 11.5 Å². The van der Waals surface area contributed by atoms with Gasteiger partial charge in [-0.3, -0.25) is 9.69 Å². The molecule has 6 nitrogen and oxygen atoms in total. The van der Waals surface area contributed by atoms with E-state index in [9.17, 15) is 4.79 Å². The SMILES string of the molecule is C=C1CCC[C@]2(C)C[C@H]3OC(=O)[C@H](CN(Cc4ccc(OC)c(OC)c4)Cc4ccco4)[C@@H]3C[C@@H]12. The van der Waals surface area contributed by atoms with Crippen molar-refractivity contribution in [3.63, 3.8) is 0 Å². The van der Waals surface area contributed by atoms with E-state index in [2.05, 4.69) is 18.4 Å². The van der Waals surface area contributed by atoms with E-state index < -0.39 is 0 Å². The Bertz CT molecular complexity index is 1060. The highest BCUT2D eigenvalue weighted by molar-refractivity contribution is 5.75. The highest BCUT2D eigenvalue weighted by atomic mass is 16.6. The van der Waals surface area contributed by atoms with Crippen LogP contribution in [-0.2, 0) is 22.6 Å². The van der Waals surface area contributed by atoms with Crippen molar-refractivity contribution in [3.05, 3.63) is 60.1 Å². The Balaban J connectivity index is 1.37. The topological polar surface area (TPSA) is 61.1 Å². The van der Waals surface area contributed by atoms with Gasteiger partial charge in [0.1, 0.15) is 11.9 Å². The lowest BCUT2D eigenvalue weighted by atomic mass is 9.55. The maximum Gasteiger partial charge on any atom is 0.310 e. The van der Waals surface area contributed by atoms with E-state index in [1.54, 1.807) is 20.5 Å². The molecular formula is C29H37NO5. The summed E-state index contributed by atoms with van der Waals surface area (Å²) in [6.07, 6.45) is 7.18. The number of fused-ring (bicyclic) bond motifs is 2. The summed E-state index contributed by atoms with van der Waals surface area (Å²) in [4.78, 5) is 15.5. The maximum absolute atomic E-state index is 13.2. The molecule has 0 unspecified atom stereocenters. The van der Waals surface area contributed by atoms with Crippen LogP contribution in [0.25, 0.3) is 0 Å². The van der Waals surface area contributed by atoms with Gasteiger partial charge in [0.2, 0.25) is 0 Å². The van der Waals surface area contributed by atoms with Crippen LogP contribution < -0.4 is 9.47 Å². The number of hydrogen-bond acceptors (Lipinski definition) is 6. The third-order valence-corrected chi connectivity index (χ3v) is 8.59. The Labute approximate surface area is 208 Å². The molecule has 35 heavy (non-hydrogen) atoms. The van der Waals surface area contributed by atoms with Crippen molar-refractivity contribution in [1.29, 1.82) is 0 Å². The molecule has 5 atom stereocenters. The van der Waals surface area contributed by atoms with Gasteiger partial charge in [0.05, 0.1) is 32.9 Å². The van der Waals surface area contributed by atoms with Crippen LogP contribution in [0.15, 0.2) is 53.2 Å². The molecule has 0 spiro atoms. The van der Waals surface area contributed by atoms with Crippen molar-refractivity contribution < 1.29 is 23.4 Å². The van der Waals surface area contributed by atoms with E-state index in [1.807, 2.05) is 30.3 Å². The van der Waals surface area contributed by atoms with Gasteiger partial charge in [-0.15, -0.1) is 0 Å². The van der Waals surface area contributed by atoms with E-state index in [-0.39, 0.29) is 29.3 Å². The first-order valence-electron chi connectivity index (χ1n) is 12.7. The molecule has 3 fully saturated rings. The van der Waals surface area contributed by atoms with E-state index >= 15 is 0 Å². The number of rotatable bonds is 8. The third kappa shape index (κ3) is 4.73. The lowest BCUT2D eigenvalue weighted by Crippen LogP contribution is -2.45. The molecule has 6 heteroatoms. The van der Waals surface area contributed by atoms with Crippen molar-refractivity contribution in [3.8, 4) is 11.5 Å². The molecule has 2 aromatic rings. The summed E-state index contributed by atoms with van der Waals surface area (Å²) < 4.78 is 22.6. The average molecular weight is 480 g/mol. The molecule has 0 N–H and O–H groups in total. The number of allylic oxidation sites excluding steroid dienone is 1. The summed E-state index contributed by atoms with van der Waals surface area (Å²) in [6.45, 7) is 8.72. The molecule has 0 radical (unpaired) electrons. The van der Waals surface area contributed by atoms with Crippen LogP contribution in [0, 0.1) is 23.2 Å². The summed E-state index contributed by atoms with van der Waals surface area (Å²) in [7, 11) is 3.28. The molecule has 188 valence electrons. The lowest BCUT2D eigenvalue weighted by Gasteiger charge is -2.50. The fourth-order valence-electron chi connectivity index (χ4n) is 6.79. The van der Waals surface area contributed by atoms with Gasteiger partial charge in [-0.05, 0) is 73.3 Å². The molecule has 3 aliphatic rings. The number of methoxy groups -OCH3 is 2. The molecular weight excluding hydrogens is 442 g/mol. The minimum atomic E-state index is -0.144. The second kappa shape index (κ2) is 9.73. The molecule has 0 amide bonds. The first-order chi connectivity index (χ1) is 16.9. The van der Waals surface area contributed by atoms with Crippen LogP contribution in [-0.4, -0.2) is 37.7 Å². The minimum absolute atomic E-state index is 0.0196. The largest absolute Gasteiger partial charge is 0.493 e. The number of carbonyl (C=O) groups excluding carboxylic acids is 1. The van der Waals surface area contributed by atoms with Crippen molar-refractivity contribution in [2.45, 2.75) is 58.2 Å². The molecule has 1 saturated heterocycles. The number of hydrogen-bond donors (Lipinski definition) is 0. The van der Waals surface area contributed by atoms with Crippen molar-refractivity contribution in [2.24, 2.45) is 23.2 Å². The lowest BCUT2D eigenvalue weighted by molar-refractivity contribution is -0.146. The zero-order valence-electron chi connectivity index (χ0n) is 21.1. The first-order valence-corrected chi connectivity index (χ1v) is 12.7. The van der Waals surface area contributed by atoms with E-state index in [0.29, 0.717) is 37.1 Å². The number of furan rings is 1. The molecule has 1 aromatic carbocycles. The molecule has 2 saturated carbocycles. The summed E-state index contributed by atoms with van der Waals surface area (Å²) in [5.74, 6) is 2.81. The van der Waals surface area contributed by atoms with Gasteiger partial charge in [-0.1, -0.05) is 25.1 Å². The van der Waals surface area contributed by atoms with Crippen molar-refractivity contribution in [1.82, 2.24) is 4.90 Å². The molecule has 2 aliphatic carbocycles. The Hall–Kier alpha value is -2.73. The Kier molecular flexibility index (Phi) is 6.67. The van der Waals surface area contributed by atoms with Crippen molar-refractivity contribution in [2.75, 3.05) is 20.8 Å². The highest BCUT2D eigenvalue weighted by Crippen LogP contribution is 2.57. The van der Waals surface area contributed by atoms with E-state index in [1.165, 1.54) is 18.4 Å². The minimum Gasteiger partial charge on any atom is -0.493 e. The number of benzene rings is 1. The average Bonchev–Trinajstić information content (AvgIpc) is 3.45. The zero-order valence-corrected chi connectivity index (χ0v) is 21.1. The van der Waals surface area contributed by atoms with Crippen LogP contribution in [0.4, 0.5) is 0 Å². The standard InChI is InChI=1S/C29H37NO5/c1-19-7-5-11-29(2)15-27-22(14-24(19)29)23(28(31)35-27)18-30(17-21-8-6-12-34-21)16-20-9-10-25(32-3)26(13-20)33-4/h6,8-10,12-13,22-24,27H,1,5,7,11,14-18H2,2-4H3/t22-,23+,24-,27+,29+/m0/s1. The van der Waals surface area contributed by atoms with Crippen LogP contribution in [0.1, 0.15) is 50.4 Å². The van der Waals surface area contributed by atoms with Crippen LogP contribution >= 0.6 is 0 Å². The van der Waals surface area contributed by atoms with Gasteiger partial charge in [0, 0.05) is 19.0 Å². The van der Waals surface area contributed by atoms with E-state index in [0.717, 1.165) is 30.6 Å². The fourth-order valence-corrected chi connectivity index (χ4v) is 6.79. The number of esters is 1. The van der Waals surface area contributed by atoms with Crippen molar-refractivity contribution >= 4 is 5.97 Å². The van der Waals surface area contributed by atoms with Crippen LogP contribution in [0.2, 0.25) is 0 Å². The fraction of sp³-hybridized carbons (Fsp3) is 0.552. The van der Waals surface area contributed by atoms with Gasteiger partial charge in [0.25, 0.3) is 0 Å². The highest BCUT2D eigenvalue weighted by Gasteiger charge is 2.55. The molecule has 0 bridgehead atoms. The molecule has 1 aromatic heterocycles. The predicted octanol–water partition coefficient (Wildman–Crippen LogP) is 5.61. The van der Waals surface area contributed by atoms with Gasteiger partial charge < -0.3 is 18.6 Å².